The highest BCUT2D eigenvalue weighted by atomic mass is 35.5. The van der Waals surface area contributed by atoms with Crippen LogP contribution in [-0.4, -0.2) is 41.1 Å². The molecule has 0 amide bonds. The van der Waals surface area contributed by atoms with Crippen molar-refractivity contribution in [3.05, 3.63) is 45.5 Å². The van der Waals surface area contributed by atoms with E-state index in [0.29, 0.717) is 29.7 Å². The van der Waals surface area contributed by atoms with E-state index in [1.165, 1.54) is 6.20 Å². The summed E-state index contributed by atoms with van der Waals surface area (Å²) in [6.07, 6.45) is 4.87. The molecule has 0 spiro atoms. The Balaban J connectivity index is 1.79. The third kappa shape index (κ3) is 3.80. The van der Waals surface area contributed by atoms with Crippen molar-refractivity contribution in [1.82, 2.24) is 19.9 Å². The minimum absolute atomic E-state index is 0.119. The standard InChI is InChI=1S/C14H14Cl2N4O2S/c1-23(21,22)14-18-5-10-8-20(3-2-12(10)19-14)7-9-4-11(15)6-17-13(9)16/h4-6H,2-3,7-8H2,1H3. The Labute approximate surface area is 144 Å². The first-order valence-corrected chi connectivity index (χ1v) is 9.55. The van der Waals surface area contributed by atoms with Gasteiger partial charge in [-0.05, 0) is 6.07 Å². The number of hydrogen-bond donors (Lipinski definition) is 0. The molecule has 0 aliphatic carbocycles. The number of fused-ring (bicyclic) bond motifs is 1. The highest BCUT2D eigenvalue weighted by molar-refractivity contribution is 7.90. The molecule has 0 saturated heterocycles. The van der Waals surface area contributed by atoms with Gasteiger partial charge < -0.3 is 0 Å². The fraction of sp³-hybridized carbons (Fsp3) is 0.357. The van der Waals surface area contributed by atoms with Crippen LogP contribution in [0.15, 0.2) is 23.6 Å². The van der Waals surface area contributed by atoms with Crippen LogP contribution in [0.1, 0.15) is 16.8 Å². The van der Waals surface area contributed by atoms with Gasteiger partial charge in [-0.25, -0.2) is 23.4 Å². The Kier molecular flexibility index (Phi) is 4.55. The van der Waals surface area contributed by atoms with Crippen LogP contribution in [0, 0.1) is 0 Å². The van der Waals surface area contributed by atoms with Gasteiger partial charge in [0.2, 0.25) is 15.0 Å². The van der Waals surface area contributed by atoms with Gasteiger partial charge in [0.05, 0.1) is 10.7 Å². The summed E-state index contributed by atoms with van der Waals surface area (Å²) in [7, 11) is -3.38. The predicted octanol–water partition coefficient (Wildman–Crippen LogP) is 2.14. The maximum atomic E-state index is 11.5. The van der Waals surface area contributed by atoms with Gasteiger partial charge in [-0.15, -0.1) is 0 Å². The summed E-state index contributed by atoms with van der Waals surface area (Å²) >= 11 is 12.1. The van der Waals surface area contributed by atoms with E-state index in [0.717, 1.165) is 29.6 Å². The summed E-state index contributed by atoms with van der Waals surface area (Å²) < 4.78 is 23.0. The number of halogens is 2. The molecule has 0 radical (unpaired) electrons. The van der Waals surface area contributed by atoms with Gasteiger partial charge in [-0.3, -0.25) is 4.90 Å². The molecule has 0 unspecified atom stereocenters. The fourth-order valence-corrected chi connectivity index (χ4v) is 3.35. The quantitative estimate of drug-likeness (QED) is 0.606. The maximum absolute atomic E-state index is 11.5. The molecular formula is C14H14Cl2N4O2S. The zero-order chi connectivity index (χ0) is 16.6. The summed E-state index contributed by atoms with van der Waals surface area (Å²) in [5.74, 6) is 0. The summed E-state index contributed by atoms with van der Waals surface area (Å²) in [5, 5.41) is 0.860. The van der Waals surface area contributed by atoms with Gasteiger partial charge in [0.25, 0.3) is 0 Å². The smallest absolute Gasteiger partial charge is 0.246 e. The molecule has 1 aliphatic rings. The van der Waals surface area contributed by atoms with Crippen molar-refractivity contribution in [2.45, 2.75) is 24.7 Å². The van der Waals surface area contributed by atoms with Crippen LogP contribution in [0.2, 0.25) is 10.2 Å². The molecule has 3 rings (SSSR count). The minimum atomic E-state index is -3.38. The van der Waals surface area contributed by atoms with E-state index in [1.807, 2.05) is 0 Å². The predicted molar refractivity (Wildman–Crippen MR) is 87.2 cm³/mol. The summed E-state index contributed by atoms with van der Waals surface area (Å²) in [6.45, 7) is 1.98. The van der Waals surface area contributed by atoms with Gasteiger partial charge in [0.15, 0.2) is 0 Å². The van der Waals surface area contributed by atoms with E-state index in [2.05, 4.69) is 19.9 Å². The van der Waals surface area contributed by atoms with Crippen LogP contribution in [0.5, 0.6) is 0 Å². The Morgan fingerprint density at radius 3 is 2.78 bits per heavy atom. The highest BCUT2D eigenvalue weighted by Crippen LogP contribution is 2.23. The number of pyridine rings is 1. The minimum Gasteiger partial charge on any atom is -0.294 e. The van der Waals surface area contributed by atoms with E-state index in [9.17, 15) is 8.42 Å². The molecule has 0 N–H and O–H groups in total. The van der Waals surface area contributed by atoms with Crippen molar-refractivity contribution < 1.29 is 8.42 Å². The van der Waals surface area contributed by atoms with Crippen molar-refractivity contribution in [2.75, 3.05) is 12.8 Å². The van der Waals surface area contributed by atoms with Crippen molar-refractivity contribution in [3.8, 4) is 0 Å². The average Bonchev–Trinajstić information content (AvgIpc) is 2.49. The number of nitrogens with zero attached hydrogens (tertiary/aromatic N) is 4. The number of aromatic nitrogens is 3. The third-order valence-corrected chi connectivity index (χ3v) is 5.00. The Bertz CT molecular complexity index is 858. The summed E-state index contributed by atoms with van der Waals surface area (Å²) in [6, 6.07) is 1.80. The second-order valence-corrected chi connectivity index (χ2v) is 8.16. The van der Waals surface area contributed by atoms with Crippen LogP contribution in [0.4, 0.5) is 0 Å². The topological polar surface area (TPSA) is 76.1 Å². The molecule has 23 heavy (non-hydrogen) atoms. The van der Waals surface area contributed by atoms with Crippen LogP contribution in [-0.2, 0) is 29.3 Å². The van der Waals surface area contributed by atoms with E-state index >= 15 is 0 Å². The van der Waals surface area contributed by atoms with E-state index < -0.39 is 9.84 Å². The summed E-state index contributed by atoms with van der Waals surface area (Å²) in [4.78, 5) is 14.3. The third-order valence-electron chi connectivity index (χ3n) is 3.59. The Morgan fingerprint density at radius 1 is 1.26 bits per heavy atom. The molecule has 2 aromatic heterocycles. The Hall–Kier alpha value is -1.28. The second kappa shape index (κ2) is 6.32. The molecule has 0 fully saturated rings. The van der Waals surface area contributed by atoms with Crippen molar-refractivity contribution >= 4 is 33.0 Å². The normalized spacial score (nSPS) is 15.4. The molecule has 122 valence electrons. The molecule has 3 heterocycles. The van der Waals surface area contributed by atoms with E-state index in [-0.39, 0.29) is 5.16 Å². The first-order valence-electron chi connectivity index (χ1n) is 6.90. The van der Waals surface area contributed by atoms with Crippen LogP contribution < -0.4 is 0 Å². The van der Waals surface area contributed by atoms with Crippen LogP contribution in [0.25, 0.3) is 0 Å². The van der Waals surface area contributed by atoms with E-state index in [4.69, 9.17) is 23.2 Å². The number of sulfone groups is 1. The van der Waals surface area contributed by atoms with Crippen LogP contribution >= 0.6 is 23.2 Å². The fourth-order valence-electron chi connectivity index (χ4n) is 2.49. The molecule has 9 heteroatoms. The lowest BCUT2D eigenvalue weighted by Crippen LogP contribution is -2.31. The molecule has 0 atom stereocenters. The maximum Gasteiger partial charge on any atom is 0.246 e. The lowest BCUT2D eigenvalue weighted by molar-refractivity contribution is 0.242. The number of rotatable bonds is 3. The lowest BCUT2D eigenvalue weighted by atomic mass is 10.1. The molecule has 0 aromatic carbocycles. The zero-order valence-corrected chi connectivity index (χ0v) is 14.7. The highest BCUT2D eigenvalue weighted by Gasteiger charge is 2.21. The number of hydrogen-bond acceptors (Lipinski definition) is 6. The largest absolute Gasteiger partial charge is 0.294 e. The molecule has 6 nitrogen and oxygen atoms in total. The second-order valence-electron chi connectivity index (χ2n) is 5.46. The first-order chi connectivity index (χ1) is 10.8. The van der Waals surface area contributed by atoms with Gasteiger partial charge in [0, 0.05) is 55.8 Å². The molecule has 0 bridgehead atoms. The van der Waals surface area contributed by atoms with Crippen molar-refractivity contribution in [1.29, 1.82) is 0 Å². The first kappa shape index (κ1) is 16.6. The van der Waals surface area contributed by atoms with Crippen molar-refractivity contribution in [3.63, 3.8) is 0 Å². The van der Waals surface area contributed by atoms with Crippen LogP contribution in [0.3, 0.4) is 0 Å². The Morgan fingerprint density at radius 2 is 2.04 bits per heavy atom. The van der Waals surface area contributed by atoms with E-state index in [1.54, 1.807) is 12.3 Å². The lowest BCUT2D eigenvalue weighted by Gasteiger charge is -2.28. The summed E-state index contributed by atoms with van der Waals surface area (Å²) in [5.41, 5.74) is 2.57. The molecule has 1 aliphatic heterocycles. The van der Waals surface area contributed by atoms with Gasteiger partial charge in [-0.1, -0.05) is 23.2 Å². The zero-order valence-electron chi connectivity index (χ0n) is 12.3. The molecular weight excluding hydrogens is 359 g/mol. The molecule has 2 aromatic rings. The van der Waals surface area contributed by atoms with Gasteiger partial charge in [-0.2, -0.15) is 0 Å². The molecule has 0 saturated carbocycles. The SMILES string of the molecule is CS(=O)(=O)c1ncc2c(n1)CCN(Cc1cc(Cl)cnc1Cl)C2. The monoisotopic (exact) mass is 372 g/mol. The average molecular weight is 373 g/mol. The van der Waals surface area contributed by atoms with Gasteiger partial charge in [0.1, 0.15) is 5.15 Å². The van der Waals surface area contributed by atoms with Crippen molar-refractivity contribution in [2.24, 2.45) is 0 Å². The van der Waals surface area contributed by atoms with Gasteiger partial charge >= 0.3 is 0 Å².